The minimum Gasteiger partial charge on any atom is -0.495 e. The Morgan fingerprint density at radius 1 is 1.15 bits per heavy atom. The maximum Gasteiger partial charge on any atom is 0.269 e. The van der Waals surface area contributed by atoms with E-state index in [1.165, 1.54) is 11.3 Å². The number of aromatic nitrogens is 1. The number of methoxy groups -OCH3 is 1. The predicted octanol–water partition coefficient (Wildman–Crippen LogP) is 5.13. The van der Waals surface area contributed by atoms with E-state index in [1.807, 2.05) is 36.4 Å². The molecule has 0 bridgehead atoms. The van der Waals surface area contributed by atoms with Crippen molar-refractivity contribution in [2.24, 2.45) is 0 Å². The molecule has 4 aromatic rings. The van der Waals surface area contributed by atoms with E-state index in [0.29, 0.717) is 33.3 Å². The third-order valence-corrected chi connectivity index (χ3v) is 5.10. The van der Waals surface area contributed by atoms with Crippen molar-refractivity contribution in [1.29, 1.82) is 0 Å². The number of carbonyl (C=O) groups is 1. The van der Waals surface area contributed by atoms with Crippen LogP contribution in [-0.4, -0.2) is 18.0 Å². The molecule has 0 fully saturated rings. The third-order valence-electron chi connectivity index (χ3n) is 3.93. The van der Waals surface area contributed by atoms with Gasteiger partial charge in [-0.2, -0.15) is 0 Å². The summed E-state index contributed by atoms with van der Waals surface area (Å²) >= 11 is 1.40. The Hall–Kier alpha value is -3.12. The van der Waals surface area contributed by atoms with Gasteiger partial charge in [0.15, 0.2) is 11.5 Å². The molecule has 0 atom stereocenters. The molecule has 130 valence electrons. The Balaban J connectivity index is 1.63. The van der Waals surface area contributed by atoms with Gasteiger partial charge in [-0.05, 0) is 29.8 Å². The smallest absolute Gasteiger partial charge is 0.269 e. The fourth-order valence-corrected chi connectivity index (χ4v) is 3.76. The minimum atomic E-state index is -0.214. The lowest BCUT2D eigenvalue weighted by Crippen LogP contribution is -2.11. The molecule has 0 unspecified atom stereocenters. The van der Waals surface area contributed by atoms with E-state index < -0.39 is 0 Å². The van der Waals surface area contributed by atoms with Crippen molar-refractivity contribution in [3.63, 3.8) is 0 Å². The number of amides is 1. The van der Waals surface area contributed by atoms with Crippen molar-refractivity contribution < 1.29 is 13.9 Å². The second kappa shape index (κ2) is 6.65. The van der Waals surface area contributed by atoms with Crippen LogP contribution in [0.4, 0.5) is 5.69 Å². The van der Waals surface area contributed by atoms with E-state index in [0.717, 1.165) is 10.4 Å². The second-order valence-electron chi connectivity index (χ2n) is 5.74. The first-order valence-corrected chi connectivity index (χ1v) is 8.87. The maximum absolute atomic E-state index is 12.8. The van der Waals surface area contributed by atoms with Gasteiger partial charge in [-0.15, -0.1) is 11.3 Å². The van der Waals surface area contributed by atoms with Crippen molar-refractivity contribution in [2.75, 3.05) is 12.4 Å². The average Bonchev–Trinajstić information content (AvgIpc) is 3.24. The van der Waals surface area contributed by atoms with Gasteiger partial charge in [0, 0.05) is 17.5 Å². The van der Waals surface area contributed by atoms with Crippen LogP contribution in [-0.2, 0) is 0 Å². The molecule has 0 aliphatic carbocycles. The van der Waals surface area contributed by atoms with Crippen LogP contribution in [0.5, 0.6) is 5.75 Å². The molecular weight excluding hydrogens is 348 g/mol. The van der Waals surface area contributed by atoms with E-state index >= 15 is 0 Å². The molecule has 0 aliphatic heterocycles. The Bertz CT molecular complexity index is 1080. The van der Waals surface area contributed by atoms with Gasteiger partial charge < -0.3 is 14.5 Å². The monoisotopic (exact) mass is 364 g/mol. The molecule has 0 aliphatic rings. The molecule has 2 heterocycles. The number of ether oxygens (including phenoxy) is 1. The number of fused-ring (bicyclic) bond motifs is 1. The molecule has 0 spiro atoms. The summed E-state index contributed by atoms with van der Waals surface area (Å²) < 4.78 is 10.9. The molecule has 0 saturated heterocycles. The first kappa shape index (κ1) is 16.4. The van der Waals surface area contributed by atoms with Crippen LogP contribution in [0.1, 0.15) is 15.6 Å². The molecular formula is C20H16N2O3S. The molecule has 2 aromatic carbocycles. The number of carbonyl (C=O) groups excluding carboxylic acids is 1. The summed E-state index contributed by atoms with van der Waals surface area (Å²) in [7, 11) is 1.57. The number of oxazole rings is 1. The van der Waals surface area contributed by atoms with Gasteiger partial charge in [-0.3, -0.25) is 4.79 Å². The van der Waals surface area contributed by atoms with Crippen LogP contribution < -0.4 is 10.1 Å². The Kier molecular flexibility index (Phi) is 4.18. The largest absolute Gasteiger partial charge is 0.495 e. The topological polar surface area (TPSA) is 64.4 Å². The molecule has 1 amide bonds. The lowest BCUT2D eigenvalue weighted by atomic mass is 10.2. The minimum absolute atomic E-state index is 0.214. The Morgan fingerprint density at radius 3 is 2.73 bits per heavy atom. The van der Waals surface area contributed by atoms with Crippen molar-refractivity contribution in [1.82, 2.24) is 4.98 Å². The Labute approximate surface area is 154 Å². The van der Waals surface area contributed by atoms with Crippen LogP contribution in [0.3, 0.4) is 0 Å². The third kappa shape index (κ3) is 3.07. The zero-order valence-corrected chi connectivity index (χ0v) is 15.1. The first-order valence-electron chi connectivity index (χ1n) is 8.06. The molecule has 6 heteroatoms. The lowest BCUT2D eigenvalue weighted by Gasteiger charge is -2.05. The van der Waals surface area contributed by atoms with E-state index in [-0.39, 0.29) is 5.91 Å². The lowest BCUT2D eigenvalue weighted by molar-refractivity contribution is 0.102. The van der Waals surface area contributed by atoms with Gasteiger partial charge in [0.2, 0.25) is 0 Å². The molecule has 5 nitrogen and oxygen atoms in total. The van der Waals surface area contributed by atoms with E-state index in [1.54, 1.807) is 32.2 Å². The van der Waals surface area contributed by atoms with Crippen molar-refractivity contribution in [3.8, 4) is 16.2 Å². The van der Waals surface area contributed by atoms with Crippen molar-refractivity contribution in [3.05, 3.63) is 65.4 Å². The SMILES string of the molecule is COc1cc(-c2ccccc2)sc1C(=O)Nc1ccc2oc(C)nc2c1. The summed E-state index contributed by atoms with van der Waals surface area (Å²) in [6.45, 7) is 1.79. The molecule has 26 heavy (non-hydrogen) atoms. The number of hydrogen-bond donors (Lipinski definition) is 1. The number of nitrogens with one attached hydrogen (secondary N) is 1. The number of benzene rings is 2. The summed E-state index contributed by atoms with van der Waals surface area (Å²) in [6.07, 6.45) is 0. The standard InChI is InChI=1S/C20H16N2O3S/c1-12-21-15-10-14(8-9-16(15)25-12)22-20(23)19-17(24-2)11-18(26-19)13-6-4-3-5-7-13/h3-11H,1-2H3,(H,22,23). The number of nitrogens with zero attached hydrogens (tertiary/aromatic N) is 1. The average molecular weight is 364 g/mol. The Morgan fingerprint density at radius 2 is 1.96 bits per heavy atom. The van der Waals surface area contributed by atoms with Gasteiger partial charge in [0.1, 0.15) is 16.1 Å². The molecule has 4 rings (SSSR count). The van der Waals surface area contributed by atoms with Crippen LogP contribution in [0.25, 0.3) is 21.5 Å². The highest BCUT2D eigenvalue weighted by molar-refractivity contribution is 7.17. The zero-order valence-electron chi connectivity index (χ0n) is 14.3. The summed E-state index contributed by atoms with van der Waals surface area (Å²) in [5.41, 5.74) is 3.12. The number of anilines is 1. The zero-order chi connectivity index (χ0) is 18.1. The van der Waals surface area contributed by atoms with E-state index in [2.05, 4.69) is 10.3 Å². The van der Waals surface area contributed by atoms with Crippen molar-refractivity contribution >= 4 is 34.0 Å². The fraction of sp³-hybridized carbons (Fsp3) is 0.100. The van der Waals surface area contributed by atoms with E-state index in [4.69, 9.17) is 9.15 Å². The summed E-state index contributed by atoms with van der Waals surface area (Å²) in [4.78, 5) is 18.6. The highest BCUT2D eigenvalue weighted by atomic mass is 32.1. The van der Waals surface area contributed by atoms with Crippen LogP contribution in [0.2, 0.25) is 0 Å². The molecule has 0 radical (unpaired) electrons. The maximum atomic E-state index is 12.8. The summed E-state index contributed by atoms with van der Waals surface area (Å²) in [6, 6.07) is 17.2. The summed E-state index contributed by atoms with van der Waals surface area (Å²) in [5, 5.41) is 2.91. The van der Waals surface area contributed by atoms with E-state index in [9.17, 15) is 4.79 Å². The van der Waals surface area contributed by atoms with Gasteiger partial charge in [-0.1, -0.05) is 30.3 Å². The van der Waals surface area contributed by atoms with Crippen LogP contribution in [0, 0.1) is 6.92 Å². The fourth-order valence-electron chi connectivity index (χ4n) is 2.74. The highest BCUT2D eigenvalue weighted by Gasteiger charge is 2.18. The number of thiophene rings is 1. The normalized spacial score (nSPS) is 10.8. The predicted molar refractivity (Wildman–Crippen MR) is 103 cm³/mol. The van der Waals surface area contributed by atoms with Crippen LogP contribution >= 0.6 is 11.3 Å². The van der Waals surface area contributed by atoms with Crippen LogP contribution in [0.15, 0.2) is 59.0 Å². The van der Waals surface area contributed by atoms with Gasteiger partial charge >= 0.3 is 0 Å². The molecule has 1 N–H and O–H groups in total. The highest BCUT2D eigenvalue weighted by Crippen LogP contribution is 2.36. The summed E-state index contributed by atoms with van der Waals surface area (Å²) in [5.74, 6) is 0.939. The quantitative estimate of drug-likeness (QED) is 0.545. The van der Waals surface area contributed by atoms with Gasteiger partial charge in [-0.25, -0.2) is 4.98 Å². The van der Waals surface area contributed by atoms with Gasteiger partial charge in [0.25, 0.3) is 5.91 Å². The number of hydrogen-bond acceptors (Lipinski definition) is 5. The molecule has 2 aromatic heterocycles. The number of aryl methyl sites for hydroxylation is 1. The first-order chi connectivity index (χ1) is 12.6. The molecule has 0 saturated carbocycles. The second-order valence-corrected chi connectivity index (χ2v) is 6.80. The number of rotatable bonds is 4. The van der Waals surface area contributed by atoms with Crippen molar-refractivity contribution in [2.45, 2.75) is 6.92 Å². The van der Waals surface area contributed by atoms with Gasteiger partial charge in [0.05, 0.1) is 7.11 Å².